The molecule has 2 heterocycles. The van der Waals surface area contributed by atoms with Gasteiger partial charge < -0.3 is 10.1 Å². The molecule has 0 saturated heterocycles. The second-order valence-corrected chi connectivity index (χ2v) is 7.14. The Bertz CT molecular complexity index is 1080. The summed E-state index contributed by atoms with van der Waals surface area (Å²) in [6, 6.07) is 10.2. The van der Waals surface area contributed by atoms with Crippen molar-refractivity contribution in [2.45, 2.75) is 13.8 Å². The first-order chi connectivity index (χ1) is 13.4. The Kier molecular flexibility index (Phi) is 5.78. The molecule has 7 nitrogen and oxygen atoms in total. The molecule has 0 spiro atoms. The van der Waals surface area contributed by atoms with Crippen LogP contribution in [-0.4, -0.2) is 28.3 Å². The first-order valence-corrected chi connectivity index (χ1v) is 9.43. The van der Waals surface area contributed by atoms with E-state index < -0.39 is 18.5 Å². The van der Waals surface area contributed by atoms with Gasteiger partial charge in [-0.05, 0) is 49.6 Å². The van der Waals surface area contributed by atoms with E-state index in [1.54, 1.807) is 40.4 Å². The van der Waals surface area contributed by atoms with Gasteiger partial charge in [-0.15, -0.1) is 11.3 Å². The van der Waals surface area contributed by atoms with Gasteiger partial charge in [-0.25, -0.2) is 9.48 Å². The highest BCUT2D eigenvalue weighted by atomic mass is 35.5. The third-order valence-electron chi connectivity index (χ3n) is 3.92. The molecule has 0 aliphatic carbocycles. The van der Waals surface area contributed by atoms with Crippen LogP contribution < -0.4 is 5.32 Å². The van der Waals surface area contributed by atoms with Gasteiger partial charge >= 0.3 is 5.97 Å². The highest BCUT2D eigenvalue weighted by molar-refractivity contribution is 7.14. The molecule has 1 amide bonds. The van der Waals surface area contributed by atoms with Crippen LogP contribution in [0, 0.1) is 25.2 Å². The van der Waals surface area contributed by atoms with Gasteiger partial charge in [0.05, 0.1) is 33.2 Å². The minimum Gasteiger partial charge on any atom is -0.452 e. The summed E-state index contributed by atoms with van der Waals surface area (Å²) in [5.74, 6) is -1.14. The number of nitriles is 1. The van der Waals surface area contributed by atoms with Crippen molar-refractivity contribution in [1.29, 1.82) is 5.26 Å². The number of carbonyl (C=O) groups is 2. The van der Waals surface area contributed by atoms with E-state index in [1.807, 2.05) is 19.9 Å². The molecule has 28 heavy (non-hydrogen) atoms. The number of ether oxygens (including phenoxy) is 1. The number of halogens is 1. The molecular weight excluding hydrogens is 400 g/mol. The Morgan fingerprint density at radius 1 is 1.29 bits per heavy atom. The zero-order valence-electron chi connectivity index (χ0n) is 15.0. The van der Waals surface area contributed by atoms with Crippen LogP contribution in [0.15, 0.2) is 35.7 Å². The summed E-state index contributed by atoms with van der Waals surface area (Å²) in [6.07, 6.45) is 0. The molecule has 0 aliphatic heterocycles. The van der Waals surface area contributed by atoms with Crippen LogP contribution in [0.3, 0.4) is 0 Å². The molecule has 142 valence electrons. The Morgan fingerprint density at radius 2 is 2.00 bits per heavy atom. The fourth-order valence-corrected chi connectivity index (χ4v) is 3.36. The minimum atomic E-state index is -0.625. The summed E-state index contributed by atoms with van der Waals surface area (Å²) >= 11 is 7.38. The number of amides is 1. The number of esters is 1. The molecule has 2 aromatic heterocycles. The van der Waals surface area contributed by atoms with E-state index in [0.29, 0.717) is 21.2 Å². The second kappa shape index (κ2) is 8.25. The molecule has 3 aromatic rings. The third kappa shape index (κ3) is 4.06. The summed E-state index contributed by atoms with van der Waals surface area (Å²) in [7, 11) is 0. The van der Waals surface area contributed by atoms with Gasteiger partial charge in [-0.2, -0.15) is 10.4 Å². The Balaban J connectivity index is 1.61. The molecule has 3 rings (SSSR count). The molecular formula is C19H15ClN4O3S. The number of aryl methyl sites for hydroxylation is 1. The summed E-state index contributed by atoms with van der Waals surface area (Å²) in [5.41, 5.74) is 2.95. The number of aromatic nitrogens is 2. The van der Waals surface area contributed by atoms with Gasteiger partial charge in [0.25, 0.3) is 5.91 Å². The number of rotatable bonds is 5. The normalized spacial score (nSPS) is 10.4. The van der Waals surface area contributed by atoms with Gasteiger partial charge in [0.2, 0.25) is 0 Å². The van der Waals surface area contributed by atoms with Crippen LogP contribution in [0.5, 0.6) is 0 Å². The van der Waals surface area contributed by atoms with E-state index in [1.165, 1.54) is 11.3 Å². The largest absolute Gasteiger partial charge is 0.452 e. The molecule has 0 radical (unpaired) electrons. The summed E-state index contributed by atoms with van der Waals surface area (Å²) in [6.45, 7) is 3.23. The maximum Gasteiger partial charge on any atom is 0.338 e. The first-order valence-electron chi connectivity index (χ1n) is 8.17. The third-order valence-corrected chi connectivity index (χ3v) is 5.30. The van der Waals surface area contributed by atoms with E-state index in [-0.39, 0.29) is 0 Å². The van der Waals surface area contributed by atoms with Crippen molar-refractivity contribution in [3.63, 3.8) is 0 Å². The molecule has 0 aliphatic rings. The van der Waals surface area contributed by atoms with Gasteiger partial charge in [-0.1, -0.05) is 11.6 Å². The molecule has 0 unspecified atom stereocenters. The fraction of sp³-hybridized carbons (Fsp3) is 0.158. The number of hydrogen-bond acceptors (Lipinski definition) is 6. The second-order valence-electron chi connectivity index (χ2n) is 5.84. The Morgan fingerprint density at radius 3 is 2.61 bits per heavy atom. The van der Waals surface area contributed by atoms with Gasteiger partial charge in [0.1, 0.15) is 11.1 Å². The van der Waals surface area contributed by atoms with E-state index in [4.69, 9.17) is 21.6 Å². The first kappa shape index (κ1) is 19.6. The maximum atomic E-state index is 12.2. The highest BCUT2D eigenvalue weighted by Crippen LogP contribution is 2.23. The molecule has 0 bridgehead atoms. The van der Waals surface area contributed by atoms with Crippen molar-refractivity contribution >= 4 is 39.8 Å². The van der Waals surface area contributed by atoms with Crippen LogP contribution in [0.2, 0.25) is 5.02 Å². The smallest absolute Gasteiger partial charge is 0.338 e. The monoisotopic (exact) mass is 414 g/mol. The zero-order valence-corrected chi connectivity index (χ0v) is 16.6. The van der Waals surface area contributed by atoms with Crippen molar-refractivity contribution in [2.24, 2.45) is 0 Å². The SMILES string of the molecule is Cc1nn(-c2ccc(C(=O)OCC(=O)Nc3sccc3C#N)cc2)c(C)c1Cl. The lowest BCUT2D eigenvalue weighted by molar-refractivity contribution is -0.119. The summed E-state index contributed by atoms with van der Waals surface area (Å²) in [5, 5.41) is 18.6. The number of carbonyl (C=O) groups excluding carboxylic acids is 2. The zero-order chi connectivity index (χ0) is 20.3. The van der Waals surface area contributed by atoms with E-state index in [0.717, 1.165) is 17.1 Å². The number of benzene rings is 1. The number of anilines is 1. The fourth-order valence-electron chi connectivity index (χ4n) is 2.49. The lowest BCUT2D eigenvalue weighted by Crippen LogP contribution is -2.20. The lowest BCUT2D eigenvalue weighted by atomic mass is 10.2. The van der Waals surface area contributed by atoms with Crippen molar-refractivity contribution in [3.8, 4) is 11.8 Å². The van der Waals surface area contributed by atoms with Crippen LogP contribution in [0.1, 0.15) is 27.3 Å². The molecule has 1 aromatic carbocycles. The number of thiophene rings is 1. The van der Waals surface area contributed by atoms with Gasteiger partial charge in [-0.3, -0.25) is 4.79 Å². The van der Waals surface area contributed by atoms with Crippen molar-refractivity contribution in [1.82, 2.24) is 9.78 Å². The summed E-state index contributed by atoms with van der Waals surface area (Å²) in [4.78, 5) is 24.1. The van der Waals surface area contributed by atoms with Gasteiger partial charge in [0.15, 0.2) is 6.61 Å². The molecule has 0 fully saturated rings. The number of nitrogens with zero attached hydrogens (tertiary/aromatic N) is 3. The van der Waals surface area contributed by atoms with E-state index >= 15 is 0 Å². The minimum absolute atomic E-state index is 0.304. The highest BCUT2D eigenvalue weighted by Gasteiger charge is 2.14. The van der Waals surface area contributed by atoms with Crippen LogP contribution in [0.25, 0.3) is 5.69 Å². The predicted molar refractivity (Wildman–Crippen MR) is 106 cm³/mol. The molecule has 9 heteroatoms. The quantitative estimate of drug-likeness (QED) is 0.639. The van der Waals surface area contributed by atoms with E-state index in [9.17, 15) is 9.59 Å². The number of nitrogens with one attached hydrogen (secondary N) is 1. The van der Waals surface area contributed by atoms with Crippen molar-refractivity contribution in [2.75, 3.05) is 11.9 Å². The average molecular weight is 415 g/mol. The topological polar surface area (TPSA) is 97.0 Å². The average Bonchev–Trinajstić information content (AvgIpc) is 3.25. The Hall–Kier alpha value is -3.15. The predicted octanol–water partition coefficient (Wildman–Crippen LogP) is 3.87. The maximum absolute atomic E-state index is 12.2. The standard InChI is InChI=1S/C19H15ClN4O3S/c1-11-17(20)12(2)24(23-11)15-5-3-13(4-6-15)19(26)27-10-16(25)22-18-14(9-21)7-8-28-18/h3-8H,10H2,1-2H3,(H,22,25). The van der Waals surface area contributed by atoms with E-state index in [2.05, 4.69) is 10.4 Å². The molecule has 0 atom stereocenters. The molecule has 1 N–H and O–H groups in total. The number of hydrogen-bond donors (Lipinski definition) is 1. The van der Waals surface area contributed by atoms with Crippen LogP contribution >= 0.6 is 22.9 Å². The Labute approximate surface area is 170 Å². The van der Waals surface area contributed by atoms with Gasteiger partial charge in [0, 0.05) is 0 Å². The van der Waals surface area contributed by atoms with Crippen LogP contribution in [0.4, 0.5) is 5.00 Å². The van der Waals surface area contributed by atoms with Crippen LogP contribution in [-0.2, 0) is 9.53 Å². The summed E-state index contributed by atoms with van der Waals surface area (Å²) < 4.78 is 6.72. The molecule has 0 saturated carbocycles. The van der Waals surface area contributed by atoms with Crippen molar-refractivity contribution in [3.05, 3.63) is 63.2 Å². The lowest BCUT2D eigenvalue weighted by Gasteiger charge is -2.07. The van der Waals surface area contributed by atoms with Crippen molar-refractivity contribution < 1.29 is 14.3 Å².